The molecule has 23 heavy (non-hydrogen) atoms. The molecule has 0 aliphatic carbocycles. The fraction of sp³-hybridized carbons (Fsp3) is 0.600. The van der Waals surface area contributed by atoms with E-state index in [4.69, 9.17) is 4.74 Å². The molecule has 1 aliphatic heterocycles. The molecule has 0 N–H and O–H groups in total. The largest absolute Gasteiger partial charge is 0.468 e. The molecule has 1 aromatic rings. The Morgan fingerprint density at radius 2 is 1.78 bits per heavy atom. The lowest BCUT2D eigenvalue weighted by atomic mass is 10.0. The maximum atomic E-state index is 12.5. The van der Waals surface area contributed by atoms with E-state index in [1.54, 1.807) is 13.8 Å². The summed E-state index contributed by atoms with van der Waals surface area (Å²) in [5.41, 5.74) is -1.49. The normalized spacial score (nSPS) is 17.2. The van der Waals surface area contributed by atoms with Crippen molar-refractivity contribution in [3.8, 4) is 0 Å². The summed E-state index contributed by atoms with van der Waals surface area (Å²) in [5.74, 6) is 0.201. The van der Waals surface area contributed by atoms with Crippen LogP contribution >= 0.6 is 0 Å². The Labute approximate surface area is 133 Å². The molecule has 0 unspecified atom stereocenters. The summed E-state index contributed by atoms with van der Waals surface area (Å²) in [6.45, 7) is 5.96. The van der Waals surface area contributed by atoms with E-state index in [0.717, 1.165) is 12.3 Å². The topological polar surface area (TPSA) is 45.7 Å². The first-order valence-corrected chi connectivity index (χ1v) is 7.28. The van der Waals surface area contributed by atoms with E-state index < -0.39 is 17.3 Å². The molecule has 2 rings (SSSR count). The Bertz CT molecular complexity index is 550. The zero-order valence-corrected chi connectivity index (χ0v) is 13.4. The Morgan fingerprint density at radius 3 is 2.22 bits per heavy atom. The smallest absolute Gasteiger partial charge is 0.417 e. The molecular weight excluding hydrogens is 311 g/mol. The molecule has 0 bridgehead atoms. The van der Waals surface area contributed by atoms with Gasteiger partial charge in [-0.25, -0.2) is 4.98 Å². The van der Waals surface area contributed by atoms with Crippen LogP contribution in [0.2, 0.25) is 0 Å². The predicted molar refractivity (Wildman–Crippen MR) is 79.1 cm³/mol. The van der Waals surface area contributed by atoms with Crippen LogP contribution in [0, 0.1) is 0 Å². The Balaban J connectivity index is 2.01. The number of ether oxygens (including phenoxy) is 1. The number of anilines is 1. The second kappa shape index (κ2) is 6.35. The Hall–Kier alpha value is -1.83. The number of halogens is 3. The lowest BCUT2D eigenvalue weighted by Gasteiger charge is -2.42. The summed E-state index contributed by atoms with van der Waals surface area (Å²) in [6.07, 6.45) is -3.53. The molecule has 128 valence electrons. The van der Waals surface area contributed by atoms with Crippen LogP contribution in [0.3, 0.4) is 0 Å². The minimum Gasteiger partial charge on any atom is -0.468 e. The van der Waals surface area contributed by atoms with E-state index in [0.29, 0.717) is 32.0 Å². The highest BCUT2D eigenvalue weighted by atomic mass is 19.4. The van der Waals surface area contributed by atoms with Crippen molar-refractivity contribution in [1.29, 1.82) is 0 Å². The lowest BCUT2D eigenvalue weighted by Crippen LogP contribution is -2.58. The summed E-state index contributed by atoms with van der Waals surface area (Å²) in [6, 6.07) is 2.41. The second-order valence-electron chi connectivity index (χ2n) is 5.93. The molecule has 8 heteroatoms. The van der Waals surface area contributed by atoms with Crippen molar-refractivity contribution in [2.75, 3.05) is 38.2 Å². The van der Waals surface area contributed by atoms with Crippen molar-refractivity contribution in [1.82, 2.24) is 9.88 Å². The summed E-state index contributed by atoms with van der Waals surface area (Å²) < 4.78 is 42.5. The van der Waals surface area contributed by atoms with Gasteiger partial charge in [-0.15, -0.1) is 0 Å². The first-order valence-electron chi connectivity index (χ1n) is 7.28. The number of hydrogen-bond donors (Lipinski definition) is 0. The molecule has 1 saturated heterocycles. The standard InChI is InChI=1S/C15H20F3N3O2/c1-14(2,13(22)23-3)21-8-6-20(7-9-21)12-5-4-11(10-19-12)15(16,17)18/h4-5,10H,6-9H2,1-3H3. The molecule has 1 aromatic heterocycles. The lowest BCUT2D eigenvalue weighted by molar-refractivity contribution is -0.153. The number of carbonyl (C=O) groups excluding carboxylic acids is 1. The highest BCUT2D eigenvalue weighted by Gasteiger charge is 2.37. The van der Waals surface area contributed by atoms with Gasteiger partial charge >= 0.3 is 12.1 Å². The number of rotatable bonds is 3. The van der Waals surface area contributed by atoms with Crippen molar-refractivity contribution >= 4 is 11.8 Å². The van der Waals surface area contributed by atoms with Gasteiger partial charge in [0.2, 0.25) is 0 Å². The first kappa shape index (κ1) is 17.5. The van der Waals surface area contributed by atoms with Gasteiger partial charge in [0, 0.05) is 32.4 Å². The molecule has 0 amide bonds. The van der Waals surface area contributed by atoms with Crippen LogP contribution in [0.1, 0.15) is 19.4 Å². The third-order valence-electron chi connectivity index (χ3n) is 4.15. The van der Waals surface area contributed by atoms with Crippen molar-refractivity contribution in [2.24, 2.45) is 0 Å². The molecule has 1 aliphatic rings. The average molecular weight is 331 g/mol. The molecule has 0 atom stereocenters. The number of aromatic nitrogens is 1. The first-order chi connectivity index (χ1) is 10.7. The highest BCUT2D eigenvalue weighted by Crippen LogP contribution is 2.29. The molecular formula is C15H20F3N3O2. The fourth-order valence-corrected chi connectivity index (χ4v) is 2.61. The number of pyridine rings is 1. The van der Waals surface area contributed by atoms with Crippen molar-refractivity contribution < 1.29 is 22.7 Å². The quantitative estimate of drug-likeness (QED) is 0.795. The van der Waals surface area contributed by atoms with Crippen LogP contribution in [-0.2, 0) is 15.7 Å². The van der Waals surface area contributed by atoms with Crippen molar-refractivity contribution in [3.05, 3.63) is 23.9 Å². The van der Waals surface area contributed by atoms with Gasteiger partial charge in [0.15, 0.2) is 0 Å². The number of carbonyl (C=O) groups is 1. The van der Waals surface area contributed by atoms with E-state index >= 15 is 0 Å². The van der Waals surface area contributed by atoms with Gasteiger partial charge in [0.25, 0.3) is 0 Å². The molecule has 0 aromatic carbocycles. The number of esters is 1. The second-order valence-corrected chi connectivity index (χ2v) is 5.93. The SMILES string of the molecule is COC(=O)C(C)(C)N1CCN(c2ccc(C(F)(F)F)cn2)CC1. The third-order valence-corrected chi connectivity index (χ3v) is 4.15. The van der Waals surface area contributed by atoms with E-state index in [-0.39, 0.29) is 5.97 Å². The van der Waals surface area contributed by atoms with Gasteiger partial charge in [-0.05, 0) is 26.0 Å². The van der Waals surface area contributed by atoms with Crippen molar-refractivity contribution in [2.45, 2.75) is 25.6 Å². The van der Waals surface area contributed by atoms with E-state index in [1.165, 1.54) is 13.2 Å². The van der Waals surface area contributed by atoms with Crippen LogP contribution in [0.25, 0.3) is 0 Å². The zero-order valence-electron chi connectivity index (χ0n) is 13.4. The number of nitrogens with zero attached hydrogens (tertiary/aromatic N) is 3. The zero-order chi connectivity index (χ0) is 17.3. The van der Waals surface area contributed by atoms with Crippen LogP contribution in [0.15, 0.2) is 18.3 Å². The minimum atomic E-state index is -4.38. The van der Waals surface area contributed by atoms with Crippen LogP contribution in [-0.4, -0.2) is 54.7 Å². The average Bonchev–Trinajstić information content (AvgIpc) is 2.53. The summed E-state index contributed by atoms with van der Waals surface area (Å²) in [4.78, 5) is 19.6. The van der Waals surface area contributed by atoms with E-state index in [2.05, 4.69) is 4.98 Å². The van der Waals surface area contributed by atoms with Crippen LogP contribution in [0.5, 0.6) is 0 Å². The highest BCUT2D eigenvalue weighted by molar-refractivity contribution is 5.79. The fourth-order valence-electron chi connectivity index (χ4n) is 2.61. The molecule has 5 nitrogen and oxygen atoms in total. The summed E-state index contributed by atoms with van der Waals surface area (Å²) >= 11 is 0. The molecule has 2 heterocycles. The van der Waals surface area contributed by atoms with Gasteiger partial charge in [-0.3, -0.25) is 9.69 Å². The monoisotopic (exact) mass is 331 g/mol. The van der Waals surface area contributed by atoms with Gasteiger partial charge in [-0.1, -0.05) is 0 Å². The van der Waals surface area contributed by atoms with Crippen molar-refractivity contribution in [3.63, 3.8) is 0 Å². The Morgan fingerprint density at radius 1 is 1.17 bits per heavy atom. The molecule has 0 radical (unpaired) electrons. The number of piperazine rings is 1. The molecule has 0 spiro atoms. The maximum Gasteiger partial charge on any atom is 0.417 e. The minimum absolute atomic E-state index is 0.307. The van der Waals surface area contributed by atoms with E-state index in [9.17, 15) is 18.0 Å². The van der Waals surface area contributed by atoms with Crippen LogP contribution < -0.4 is 4.90 Å². The summed E-state index contributed by atoms with van der Waals surface area (Å²) in [5, 5.41) is 0. The number of methoxy groups -OCH3 is 1. The Kier molecular flexibility index (Phi) is 4.84. The third kappa shape index (κ3) is 3.74. The van der Waals surface area contributed by atoms with E-state index in [1.807, 2.05) is 9.80 Å². The maximum absolute atomic E-state index is 12.5. The number of alkyl halides is 3. The van der Waals surface area contributed by atoms with Crippen LogP contribution in [0.4, 0.5) is 19.0 Å². The van der Waals surface area contributed by atoms with Gasteiger partial charge in [-0.2, -0.15) is 13.2 Å². The predicted octanol–water partition coefficient (Wildman–Crippen LogP) is 2.17. The summed E-state index contributed by atoms with van der Waals surface area (Å²) in [7, 11) is 1.35. The van der Waals surface area contributed by atoms with Gasteiger partial charge in [0.1, 0.15) is 11.4 Å². The number of hydrogen-bond acceptors (Lipinski definition) is 5. The molecule has 0 saturated carbocycles. The van der Waals surface area contributed by atoms with Gasteiger partial charge < -0.3 is 9.64 Å². The van der Waals surface area contributed by atoms with Gasteiger partial charge in [0.05, 0.1) is 12.7 Å². The molecule has 1 fully saturated rings.